The first-order valence-corrected chi connectivity index (χ1v) is 4.96. The van der Waals surface area contributed by atoms with Crippen molar-refractivity contribution in [3.05, 3.63) is 17.7 Å². The van der Waals surface area contributed by atoms with Gasteiger partial charge in [0.2, 0.25) is 5.75 Å². The zero-order valence-corrected chi connectivity index (χ0v) is 9.89. The molecule has 0 atom stereocenters. The molecule has 0 aliphatic carbocycles. The van der Waals surface area contributed by atoms with E-state index in [0.29, 0.717) is 23.7 Å². The molecule has 0 amide bonds. The van der Waals surface area contributed by atoms with Crippen molar-refractivity contribution in [1.82, 2.24) is 0 Å². The van der Waals surface area contributed by atoms with Crippen LogP contribution in [0.5, 0.6) is 17.2 Å². The molecule has 0 aliphatic heterocycles. The monoisotopic (exact) mass is 226 g/mol. The number of methoxy groups -OCH3 is 3. The number of rotatable bonds is 5. The van der Waals surface area contributed by atoms with Gasteiger partial charge in [-0.25, -0.2) is 0 Å². The van der Waals surface area contributed by atoms with Crippen molar-refractivity contribution in [2.75, 3.05) is 21.3 Å². The fraction of sp³-hybridized carbons (Fsp3) is 0.364. The molecule has 0 fully saturated rings. The molecule has 82 valence electrons. The Labute approximate surface area is 95.0 Å². The van der Waals surface area contributed by atoms with Crippen molar-refractivity contribution in [2.24, 2.45) is 0 Å². The lowest BCUT2D eigenvalue weighted by Crippen LogP contribution is -1.97. The van der Waals surface area contributed by atoms with Gasteiger partial charge >= 0.3 is 0 Å². The predicted octanol–water partition coefficient (Wildman–Crippen LogP) is 2.25. The van der Waals surface area contributed by atoms with E-state index in [-0.39, 0.29) is 0 Å². The average Bonchev–Trinajstić information content (AvgIpc) is 2.28. The van der Waals surface area contributed by atoms with Crippen LogP contribution in [-0.2, 0) is 6.42 Å². The van der Waals surface area contributed by atoms with Crippen LogP contribution in [-0.4, -0.2) is 26.7 Å². The summed E-state index contributed by atoms with van der Waals surface area (Å²) in [4.78, 5) is 0. The van der Waals surface area contributed by atoms with E-state index in [1.54, 1.807) is 26.7 Å². The number of thiocarbonyl (C=S) groups is 1. The third-order valence-corrected chi connectivity index (χ3v) is 2.21. The van der Waals surface area contributed by atoms with Crippen molar-refractivity contribution in [3.63, 3.8) is 0 Å². The van der Waals surface area contributed by atoms with Crippen LogP contribution in [0.25, 0.3) is 0 Å². The van der Waals surface area contributed by atoms with E-state index in [1.165, 1.54) is 0 Å². The zero-order valence-electron chi connectivity index (χ0n) is 9.07. The van der Waals surface area contributed by atoms with Crippen molar-refractivity contribution in [3.8, 4) is 17.2 Å². The van der Waals surface area contributed by atoms with Gasteiger partial charge in [-0.1, -0.05) is 12.2 Å². The Balaban J connectivity index is 3.22. The number of hydrogen-bond donors (Lipinski definition) is 0. The largest absolute Gasteiger partial charge is 0.493 e. The van der Waals surface area contributed by atoms with Crippen molar-refractivity contribution < 1.29 is 14.2 Å². The van der Waals surface area contributed by atoms with Gasteiger partial charge in [0.25, 0.3) is 0 Å². The minimum absolute atomic E-state index is 0.605. The Hall–Kier alpha value is -1.29. The second kappa shape index (κ2) is 5.56. The van der Waals surface area contributed by atoms with E-state index in [2.05, 4.69) is 0 Å². The van der Waals surface area contributed by atoms with Crippen LogP contribution in [0, 0.1) is 0 Å². The first-order chi connectivity index (χ1) is 7.26. The van der Waals surface area contributed by atoms with E-state index in [0.717, 1.165) is 5.56 Å². The molecular weight excluding hydrogens is 212 g/mol. The molecule has 1 rings (SSSR count). The highest BCUT2D eigenvalue weighted by Gasteiger charge is 2.12. The maximum atomic E-state index is 5.21. The van der Waals surface area contributed by atoms with Crippen LogP contribution in [0.2, 0.25) is 0 Å². The van der Waals surface area contributed by atoms with Crippen molar-refractivity contribution >= 4 is 17.6 Å². The summed E-state index contributed by atoms with van der Waals surface area (Å²) in [6, 6.07) is 3.79. The molecule has 0 spiro atoms. The van der Waals surface area contributed by atoms with E-state index < -0.39 is 0 Å². The zero-order chi connectivity index (χ0) is 11.3. The second-order valence-corrected chi connectivity index (χ2v) is 3.24. The highest BCUT2D eigenvalue weighted by Crippen LogP contribution is 2.38. The topological polar surface area (TPSA) is 27.7 Å². The molecule has 0 bridgehead atoms. The van der Waals surface area contributed by atoms with Crippen molar-refractivity contribution in [1.29, 1.82) is 0 Å². The third kappa shape index (κ3) is 2.59. The SMILES string of the molecule is COc1cc(CC=S)cc(OC)c1OC. The fourth-order valence-corrected chi connectivity index (χ4v) is 1.54. The highest BCUT2D eigenvalue weighted by atomic mass is 32.1. The van der Waals surface area contributed by atoms with Crippen LogP contribution in [0.3, 0.4) is 0 Å². The average molecular weight is 226 g/mol. The summed E-state index contributed by atoms with van der Waals surface area (Å²) in [6.45, 7) is 0. The Morgan fingerprint density at radius 1 is 1.07 bits per heavy atom. The summed E-state index contributed by atoms with van der Waals surface area (Å²) in [6.07, 6.45) is 0.700. The maximum absolute atomic E-state index is 5.21. The summed E-state index contributed by atoms with van der Waals surface area (Å²) in [7, 11) is 4.77. The van der Waals surface area contributed by atoms with Crippen molar-refractivity contribution in [2.45, 2.75) is 6.42 Å². The molecule has 1 aromatic rings. The summed E-state index contributed by atoms with van der Waals surface area (Å²) in [5.41, 5.74) is 1.04. The summed E-state index contributed by atoms with van der Waals surface area (Å²) < 4.78 is 15.6. The minimum Gasteiger partial charge on any atom is -0.493 e. The van der Waals surface area contributed by atoms with Crippen LogP contribution in [0.4, 0.5) is 0 Å². The first kappa shape index (κ1) is 11.8. The van der Waals surface area contributed by atoms with Gasteiger partial charge in [-0.3, -0.25) is 0 Å². The van der Waals surface area contributed by atoms with Crippen LogP contribution >= 0.6 is 12.2 Å². The van der Waals surface area contributed by atoms with Gasteiger partial charge in [-0.15, -0.1) is 0 Å². The minimum atomic E-state index is 0.605. The Kier molecular flexibility index (Phi) is 4.37. The molecule has 15 heavy (non-hydrogen) atoms. The molecule has 0 unspecified atom stereocenters. The predicted molar refractivity (Wildman–Crippen MR) is 63.5 cm³/mol. The van der Waals surface area contributed by atoms with Crippen LogP contribution in [0.1, 0.15) is 5.56 Å². The van der Waals surface area contributed by atoms with Gasteiger partial charge in [0, 0.05) is 6.42 Å². The van der Waals surface area contributed by atoms with E-state index in [4.69, 9.17) is 26.4 Å². The molecule has 3 nitrogen and oxygen atoms in total. The quantitative estimate of drug-likeness (QED) is 0.720. The number of hydrogen-bond acceptors (Lipinski definition) is 4. The molecule has 0 aliphatic rings. The second-order valence-electron chi connectivity index (χ2n) is 2.90. The number of ether oxygens (including phenoxy) is 3. The molecular formula is C11H14O3S. The first-order valence-electron chi connectivity index (χ1n) is 4.49. The van der Waals surface area contributed by atoms with Gasteiger partial charge < -0.3 is 14.2 Å². The fourth-order valence-electron chi connectivity index (χ4n) is 1.35. The molecule has 0 aromatic heterocycles. The molecule has 4 heteroatoms. The molecule has 0 heterocycles. The summed E-state index contributed by atoms with van der Waals surface area (Å²) in [5.74, 6) is 1.92. The Morgan fingerprint density at radius 3 is 1.93 bits per heavy atom. The van der Waals surface area contributed by atoms with E-state index in [1.807, 2.05) is 12.1 Å². The van der Waals surface area contributed by atoms with E-state index >= 15 is 0 Å². The van der Waals surface area contributed by atoms with Gasteiger partial charge in [-0.2, -0.15) is 0 Å². The van der Waals surface area contributed by atoms with Crippen LogP contribution in [0.15, 0.2) is 12.1 Å². The summed E-state index contributed by atoms with van der Waals surface area (Å²) >= 11 is 4.82. The Bertz CT molecular complexity index is 325. The standard InChI is InChI=1S/C11H14O3S/c1-12-9-6-8(4-5-15)7-10(13-2)11(9)14-3/h5-7H,4H2,1-3H3. The lowest BCUT2D eigenvalue weighted by atomic mass is 10.1. The molecule has 1 aromatic carbocycles. The highest BCUT2D eigenvalue weighted by molar-refractivity contribution is 7.78. The summed E-state index contributed by atoms with van der Waals surface area (Å²) in [5, 5.41) is 1.67. The smallest absolute Gasteiger partial charge is 0.203 e. The van der Waals surface area contributed by atoms with Gasteiger partial charge in [0.15, 0.2) is 11.5 Å². The number of benzene rings is 1. The van der Waals surface area contributed by atoms with Gasteiger partial charge in [0.1, 0.15) is 0 Å². The molecule has 0 N–H and O–H groups in total. The van der Waals surface area contributed by atoms with E-state index in [9.17, 15) is 0 Å². The molecule has 0 saturated heterocycles. The third-order valence-electron chi connectivity index (χ3n) is 2.04. The maximum Gasteiger partial charge on any atom is 0.203 e. The van der Waals surface area contributed by atoms with Gasteiger partial charge in [0.05, 0.1) is 21.3 Å². The Morgan fingerprint density at radius 2 is 1.60 bits per heavy atom. The molecule has 0 radical (unpaired) electrons. The molecule has 0 saturated carbocycles. The van der Waals surface area contributed by atoms with Crippen LogP contribution < -0.4 is 14.2 Å². The lowest BCUT2D eigenvalue weighted by Gasteiger charge is -2.13. The van der Waals surface area contributed by atoms with Gasteiger partial charge in [-0.05, 0) is 23.1 Å². The lowest BCUT2D eigenvalue weighted by molar-refractivity contribution is 0.324. The normalized spacial score (nSPS) is 9.53.